The van der Waals surface area contributed by atoms with Crippen molar-refractivity contribution in [2.45, 2.75) is 31.6 Å². The molecule has 0 saturated carbocycles. The molecule has 0 aliphatic heterocycles. The number of aliphatic imine (C=N–C) groups is 1. The molecule has 0 aliphatic carbocycles. The highest BCUT2D eigenvalue weighted by atomic mass is 127. The molecule has 5 nitrogen and oxygen atoms in total. The molecule has 0 bridgehead atoms. The van der Waals surface area contributed by atoms with Crippen LogP contribution in [0.1, 0.15) is 26.7 Å². The zero-order valence-corrected chi connectivity index (χ0v) is 17.2. The van der Waals surface area contributed by atoms with Gasteiger partial charge in [0, 0.05) is 20.1 Å². The van der Waals surface area contributed by atoms with Crippen LogP contribution in [-0.2, 0) is 9.84 Å². The number of rotatable bonds is 8. The van der Waals surface area contributed by atoms with E-state index in [-0.39, 0.29) is 29.7 Å². The lowest BCUT2D eigenvalue weighted by Crippen LogP contribution is -2.40. The Kier molecular flexibility index (Phi) is 11.2. The quantitative estimate of drug-likeness (QED) is 0.275. The minimum absolute atomic E-state index is 0. The number of halogens is 1. The number of hydrogen-bond donors (Lipinski definition) is 2. The van der Waals surface area contributed by atoms with Gasteiger partial charge in [-0.2, -0.15) is 0 Å². The van der Waals surface area contributed by atoms with Gasteiger partial charge in [-0.25, -0.2) is 8.42 Å². The topological polar surface area (TPSA) is 70.6 Å². The first-order chi connectivity index (χ1) is 10.5. The van der Waals surface area contributed by atoms with Crippen molar-refractivity contribution < 1.29 is 8.42 Å². The highest BCUT2D eigenvalue weighted by molar-refractivity contribution is 14.0. The molecule has 0 spiro atoms. The van der Waals surface area contributed by atoms with Crippen molar-refractivity contribution in [2.24, 2.45) is 10.9 Å². The molecule has 0 unspecified atom stereocenters. The molecule has 0 fully saturated rings. The Balaban J connectivity index is 0.00000484. The summed E-state index contributed by atoms with van der Waals surface area (Å²) >= 11 is 0. The first-order valence-corrected chi connectivity index (χ1v) is 9.33. The van der Waals surface area contributed by atoms with Gasteiger partial charge in [-0.15, -0.1) is 24.0 Å². The van der Waals surface area contributed by atoms with E-state index >= 15 is 0 Å². The first-order valence-electron chi connectivity index (χ1n) is 7.68. The van der Waals surface area contributed by atoms with Gasteiger partial charge in [-0.1, -0.05) is 32.0 Å². The van der Waals surface area contributed by atoms with Crippen molar-refractivity contribution in [3.05, 3.63) is 30.3 Å². The molecule has 0 heterocycles. The van der Waals surface area contributed by atoms with Gasteiger partial charge in [-0.3, -0.25) is 4.99 Å². The van der Waals surface area contributed by atoms with Crippen molar-refractivity contribution >= 4 is 39.8 Å². The van der Waals surface area contributed by atoms with E-state index in [1.54, 1.807) is 37.4 Å². The van der Waals surface area contributed by atoms with E-state index in [2.05, 4.69) is 29.5 Å². The normalized spacial score (nSPS) is 11.9. The van der Waals surface area contributed by atoms with Crippen molar-refractivity contribution in [1.29, 1.82) is 0 Å². The van der Waals surface area contributed by atoms with Crippen LogP contribution in [0.3, 0.4) is 0 Å². The Bertz CT molecular complexity index is 560. The number of guanidine groups is 1. The average molecular weight is 453 g/mol. The molecule has 1 rings (SSSR count). The van der Waals surface area contributed by atoms with E-state index in [4.69, 9.17) is 0 Å². The molecule has 132 valence electrons. The summed E-state index contributed by atoms with van der Waals surface area (Å²) in [6.45, 7) is 5.56. The third kappa shape index (κ3) is 9.14. The van der Waals surface area contributed by atoms with Gasteiger partial charge in [-0.05, 0) is 30.9 Å². The smallest absolute Gasteiger partial charge is 0.191 e. The van der Waals surface area contributed by atoms with E-state index in [1.807, 2.05) is 0 Å². The summed E-state index contributed by atoms with van der Waals surface area (Å²) in [6, 6.07) is 8.51. The summed E-state index contributed by atoms with van der Waals surface area (Å²) in [5.74, 6) is 1.38. The van der Waals surface area contributed by atoms with Crippen LogP contribution < -0.4 is 10.6 Å². The second-order valence-electron chi connectivity index (χ2n) is 5.59. The Hall–Kier alpha value is -0.830. The van der Waals surface area contributed by atoms with Crippen LogP contribution in [0, 0.1) is 5.92 Å². The molecule has 0 radical (unpaired) electrons. The van der Waals surface area contributed by atoms with Crippen molar-refractivity contribution in [3.63, 3.8) is 0 Å². The largest absolute Gasteiger partial charge is 0.356 e. The molecule has 0 saturated heterocycles. The van der Waals surface area contributed by atoms with E-state index in [0.717, 1.165) is 19.4 Å². The fraction of sp³-hybridized carbons (Fsp3) is 0.562. The number of hydrogen-bond acceptors (Lipinski definition) is 3. The summed E-state index contributed by atoms with van der Waals surface area (Å²) < 4.78 is 24.3. The molecular weight excluding hydrogens is 425 g/mol. The monoisotopic (exact) mass is 453 g/mol. The number of nitrogens with zero attached hydrogens (tertiary/aromatic N) is 1. The van der Waals surface area contributed by atoms with Crippen LogP contribution in [0.15, 0.2) is 40.2 Å². The van der Waals surface area contributed by atoms with E-state index in [9.17, 15) is 8.42 Å². The lowest BCUT2D eigenvalue weighted by molar-refractivity contribution is 0.549. The molecule has 1 aromatic carbocycles. The summed E-state index contributed by atoms with van der Waals surface area (Å²) in [7, 11) is -1.56. The number of nitrogens with one attached hydrogen (secondary N) is 2. The Morgan fingerprint density at radius 1 is 1.13 bits per heavy atom. The summed E-state index contributed by atoms with van der Waals surface area (Å²) in [6.07, 6.45) is 2.23. The second kappa shape index (κ2) is 11.7. The van der Waals surface area contributed by atoms with Gasteiger partial charge < -0.3 is 10.6 Å². The summed E-state index contributed by atoms with van der Waals surface area (Å²) in [5, 5.41) is 6.24. The summed E-state index contributed by atoms with van der Waals surface area (Å²) in [4.78, 5) is 4.45. The zero-order valence-electron chi connectivity index (χ0n) is 14.1. The molecule has 1 aromatic rings. The van der Waals surface area contributed by atoms with Crippen LogP contribution in [-0.4, -0.2) is 40.3 Å². The number of sulfone groups is 1. The van der Waals surface area contributed by atoms with Crippen LogP contribution in [0.2, 0.25) is 0 Å². The van der Waals surface area contributed by atoms with Gasteiger partial charge in [0.25, 0.3) is 0 Å². The standard InChI is InChI=1S/C16H27N3O2S.HI/c1-14(2)8-7-11-18-16(17-3)19-12-13-22(20,21)15-9-5-4-6-10-15;/h4-6,9-10,14H,7-8,11-13H2,1-3H3,(H2,17,18,19);1H. The lowest BCUT2D eigenvalue weighted by Gasteiger charge is -2.12. The molecule has 23 heavy (non-hydrogen) atoms. The Labute approximate surface area is 157 Å². The maximum absolute atomic E-state index is 12.1. The van der Waals surface area contributed by atoms with Crippen LogP contribution in [0.25, 0.3) is 0 Å². The highest BCUT2D eigenvalue weighted by Crippen LogP contribution is 2.09. The van der Waals surface area contributed by atoms with E-state index in [0.29, 0.717) is 23.3 Å². The second-order valence-corrected chi connectivity index (χ2v) is 7.70. The van der Waals surface area contributed by atoms with E-state index < -0.39 is 9.84 Å². The maximum Gasteiger partial charge on any atom is 0.191 e. The predicted molar refractivity (Wildman–Crippen MR) is 107 cm³/mol. The van der Waals surface area contributed by atoms with E-state index in [1.165, 1.54) is 0 Å². The molecule has 2 N–H and O–H groups in total. The highest BCUT2D eigenvalue weighted by Gasteiger charge is 2.13. The Morgan fingerprint density at radius 3 is 2.30 bits per heavy atom. The third-order valence-electron chi connectivity index (χ3n) is 3.24. The predicted octanol–water partition coefficient (Wildman–Crippen LogP) is 2.68. The van der Waals surface area contributed by atoms with Crippen molar-refractivity contribution in [1.82, 2.24) is 10.6 Å². The Morgan fingerprint density at radius 2 is 1.74 bits per heavy atom. The van der Waals surface area contributed by atoms with Crippen LogP contribution >= 0.6 is 24.0 Å². The molecule has 0 amide bonds. The van der Waals surface area contributed by atoms with Crippen molar-refractivity contribution in [2.75, 3.05) is 25.9 Å². The minimum Gasteiger partial charge on any atom is -0.356 e. The van der Waals surface area contributed by atoms with Gasteiger partial charge in [0.2, 0.25) is 0 Å². The average Bonchev–Trinajstić information content (AvgIpc) is 2.50. The molecule has 7 heteroatoms. The van der Waals surface area contributed by atoms with Gasteiger partial charge in [0.1, 0.15) is 0 Å². The van der Waals surface area contributed by atoms with Gasteiger partial charge >= 0.3 is 0 Å². The fourth-order valence-corrected chi connectivity index (χ4v) is 3.17. The summed E-state index contributed by atoms with van der Waals surface area (Å²) in [5.41, 5.74) is 0. The molecule has 0 atom stereocenters. The first kappa shape index (κ1) is 22.2. The molecule has 0 aliphatic rings. The zero-order chi connectivity index (χ0) is 16.4. The minimum atomic E-state index is -3.25. The number of benzene rings is 1. The SMILES string of the molecule is CN=C(NCCCC(C)C)NCCS(=O)(=O)c1ccccc1.I. The molecule has 0 aromatic heterocycles. The van der Waals surface area contributed by atoms with Crippen LogP contribution in [0.5, 0.6) is 0 Å². The lowest BCUT2D eigenvalue weighted by atomic mass is 10.1. The third-order valence-corrected chi connectivity index (χ3v) is 4.97. The maximum atomic E-state index is 12.1. The van der Waals surface area contributed by atoms with Crippen molar-refractivity contribution in [3.8, 4) is 0 Å². The van der Waals surface area contributed by atoms with Crippen LogP contribution in [0.4, 0.5) is 0 Å². The van der Waals surface area contributed by atoms with Gasteiger partial charge in [0.05, 0.1) is 10.6 Å². The fourth-order valence-electron chi connectivity index (χ4n) is 1.99. The molecular formula is C16H28IN3O2S. The van der Waals surface area contributed by atoms with Gasteiger partial charge in [0.15, 0.2) is 15.8 Å².